The molecule has 0 aliphatic heterocycles. The Labute approximate surface area is 179 Å². The van der Waals surface area contributed by atoms with Crippen LogP contribution in [0.3, 0.4) is 0 Å². The molecule has 0 aliphatic rings. The van der Waals surface area contributed by atoms with Gasteiger partial charge >= 0.3 is 0 Å². The van der Waals surface area contributed by atoms with Crippen molar-refractivity contribution in [3.63, 3.8) is 0 Å². The third-order valence-electron chi connectivity index (χ3n) is 4.68. The van der Waals surface area contributed by atoms with Crippen molar-refractivity contribution >= 4 is 44.0 Å². The van der Waals surface area contributed by atoms with Crippen molar-refractivity contribution < 1.29 is 8.60 Å². The summed E-state index contributed by atoms with van der Waals surface area (Å²) in [5.74, 6) is 0.404. The van der Waals surface area contributed by atoms with Gasteiger partial charge in [-0.05, 0) is 35.7 Å². The maximum atomic E-state index is 13.5. The largest absolute Gasteiger partial charge is 0.396 e. The Kier molecular flexibility index (Phi) is 5.74. The molecule has 0 radical (unpaired) electrons. The van der Waals surface area contributed by atoms with Gasteiger partial charge in [0.15, 0.2) is 0 Å². The average molecular weight is 442 g/mol. The zero-order valence-electron chi connectivity index (χ0n) is 16.3. The molecule has 0 fully saturated rings. The standard InChI is InChI=1S/C21H20FN5OS2/c1-2-3-8-30(28)20-18(23)17-15(12-4-6-14(22)7-5-12)9-16(27-19(17)29-20)13-10-25-21(24)26-11-13/h4-7,9-11H,2-3,8,23H2,1H3,(H2,24,25,26)/t30-/m1/s1. The first-order chi connectivity index (χ1) is 14.5. The van der Waals surface area contributed by atoms with E-state index in [0.717, 1.165) is 29.4 Å². The van der Waals surface area contributed by atoms with Gasteiger partial charge in [0.1, 0.15) is 14.9 Å². The highest BCUT2D eigenvalue weighted by atomic mass is 32.2. The number of pyridine rings is 1. The van der Waals surface area contributed by atoms with Crippen LogP contribution in [0.2, 0.25) is 0 Å². The molecule has 9 heteroatoms. The molecule has 0 bridgehead atoms. The third kappa shape index (κ3) is 3.90. The van der Waals surface area contributed by atoms with E-state index in [0.29, 0.717) is 31.7 Å². The van der Waals surface area contributed by atoms with Crippen LogP contribution >= 0.6 is 11.3 Å². The number of hydrogen-bond donors (Lipinski definition) is 2. The van der Waals surface area contributed by atoms with Gasteiger partial charge in [-0.3, -0.25) is 4.21 Å². The highest BCUT2D eigenvalue weighted by Crippen LogP contribution is 2.42. The van der Waals surface area contributed by atoms with Crippen LogP contribution in [-0.4, -0.2) is 24.9 Å². The fourth-order valence-corrected chi connectivity index (χ4v) is 5.91. The lowest BCUT2D eigenvalue weighted by Crippen LogP contribution is -1.99. The summed E-state index contributed by atoms with van der Waals surface area (Å²) < 4.78 is 26.9. The van der Waals surface area contributed by atoms with Crippen molar-refractivity contribution in [2.75, 3.05) is 17.2 Å². The Bertz CT molecular complexity index is 1220. The lowest BCUT2D eigenvalue weighted by Gasteiger charge is -2.09. The summed E-state index contributed by atoms with van der Waals surface area (Å²) in [5.41, 5.74) is 15.4. The Morgan fingerprint density at radius 2 is 1.80 bits per heavy atom. The molecule has 3 aromatic heterocycles. The molecule has 0 aliphatic carbocycles. The van der Waals surface area contributed by atoms with Gasteiger partial charge in [-0.2, -0.15) is 0 Å². The van der Waals surface area contributed by atoms with Crippen LogP contribution in [0.15, 0.2) is 46.9 Å². The van der Waals surface area contributed by atoms with Gasteiger partial charge in [-0.25, -0.2) is 19.3 Å². The van der Waals surface area contributed by atoms with Crippen LogP contribution in [0.4, 0.5) is 16.0 Å². The molecule has 4 N–H and O–H groups in total. The van der Waals surface area contributed by atoms with E-state index in [9.17, 15) is 8.60 Å². The molecule has 0 saturated heterocycles. The van der Waals surface area contributed by atoms with Gasteiger partial charge in [0.2, 0.25) is 5.95 Å². The van der Waals surface area contributed by atoms with E-state index in [4.69, 9.17) is 16.5 Å². The summed E-state index contributed by atoms with van der Waals surface area (Å²) in [4.78, 5) is 13.5. The summed E-state index contributed by atoms with van der Waals surface area (Å²) in [5, 5.41) is 0.728. The second-order valence-corrected chi connectivity index (χ2v) is 9.54. The molecule has 0 unspecified atom stereocenters. The van der Waals surface area contributed by atoms with Gasteiger partial charge in [-0.1, -0.05) is 25.5 Å². The van der Waals surface area contributed by atoms with Crippen molar-refractivity contribution in [1.29, 1.82) is 0 Å². The normalized spacial score (nSPS) is 12.3. The lowest BCUT2D eigenvalue weighted by atomic mass is 10.0. The summed E-state index contributed by atoms with van der Waals surface area (Å²) >= 11 is 1.33. The average Bonchev–Trinajstić information content (AvgIpc) is 3.09. The molecule has 1 aromatic carbocycles. The molecule has 0 amide bonds. The summed E-state index contributed by atoms with van der Waals surface area (Å²) in [7, 11) is -1.20. The number of nitrogen functional groups attached to an aromatic ring is 2. The van der Waals surface area contributed by atoms with E-state index in [-0.39, 0.29) is 11.8 Å². The number of benzene rings is 1. The molecule has 1 atom stereocenters. The van der Waals surface area contributed by atoms with Crippen LogP contribution < -0.4 is 11.5 Å². The molecular weight excluding hydrogens is 421 g/mol. The number of aromatic nitrogens is 3. The van der Waals surface area contributed by atoms with Crippen molar-refractivity contribution in [3.05, 3.63) is 48.5 Å². The number of fused-ring (bicyclic) bond motifs is 1. The van der Waals surface area contributed by atoms with E-state index in [1.807, 2.05) is 6.07 Å². The lowest BCUT2D eigenvalue weighted by molar-refractivity contribution is 0.628. The highest BCUT2D eigenvalue weighted by molar-refractivity contribution is 7.87. The summed E-state index contributed by atoms with van der Waals surface area (Å²) in [6.07, 6.45) is 5.01. The topological polar surface area (TPSA) is 108 Å². The van der Waals surface area contributed by atoms with Gasteiger partial charge in [-0.15, -0.1) is 11.3 Å². The zero-order valence-corrected chi connectivity index (χ0v) is 17.9. The second kappa shape index (κ2) is 8.45. The van der Waals surface area contributed by atoms with Gasteiger partial charge in [0.05, 0.1) is 22.2 Å². The van der Waals surface area contributed by atoms with Crippen LogP contribution in [0.25, 0.3) is 32.6 Å². The van der Waals surface area contributed by atoms with E-state index in [2.05, 4.69) is 16.9 Å². The molecule has 0 saturated carbocycles. The molecule has 30 heavy (non-hydrogen) atoms. The Balaban J connectivity index is 1.94. The van der Waals surface area contributed by atoms with Crippen molar-refractivity contribution in [2.45, 2.75) is 24.0 Å². The molecular formula is C21H20FN5OS2. The molecule has 4 aromatic rings. The first-order valence-electron chi connectivity index (χ1n) is 9.43. The monoisotopic (exact) mass is 441 g/mol. The predicted molar refractivity (Wildman–Crippen MR) is 121 cm³/mol. The molecule has 6 nitrogen and oxygen atoms in total. The number of rotatable bonds is 6. The first-order valence-corrected chi connectivity index (χ1v) is 11.6. The van der Waals surface area contributed by atoms with E-state index < -0.39 is 10.8 Å². The minimum absolute atomic E-state index is 0.174. The fourth-order valence-electron chi connectivity index (χ4n) is 3.11. The van der Waals surface area contributed by atoms with Crippen molar-refractivity contribution in [3.8, 4) is 22.4 Å². The second-order valence-electron chi connectivity index (χ2n) is 6.78. The maximum Gasteiger partial charge on any atom is 0.219 e. The quantitative estimate of drug-likeness (QED) is 0.452. The predicted octanol–water partition coefficient (Wildman–Crippen LogP) is 4.63. The van der Waals surface area contributed by atoms with E-state index in [1.54, 1.807) is 24.5 Å². The molecule has 4 rings (SSSR count). The van der Waals surface area contributed by atoms with Gasteiger partial charge in [0, 0.05) is 29.1 Å². The fraction of sp³-hybridized carbons (Fsp3) is 0.190. The number of unbranched alkanes of at least 4 members (excludes halogenated alkanes) is 1. The van der Waals surface area contributed by atoms with E-state index in [1.165, 1.54) is 23.5 Å². The third-order valence-corrected chi connectivity index (χ3v) is 7.67. The summed E-state index contributed by atoms with van der Waals surface area (Å²) in [6.45, 7) is 2.06. The number of nitrogens with two attached hydrogens (primary N) is 2. The van der Waals surface area contributed by atoms with Crippen LogP contribution in [0, 0.1) is 5.82 Å². The molecule has 3 heterocycles. The van der Waals surface area contributed by atoms with Gasteiger partial charge in [0.25, 0.3) is 0 Å². The first kappa shape index (κ1) is 20.4. The maximum absolute atomic E-state index is 13.5. The molecule has 154 valence electrons. The number of nitrogens with zero attached hydrogens (tertiary/aromatic N) is 3. The minimum atomic E-state index is -1.20. The Morgan fingerprint density at radius 1 is 1.10 bits per heavy atom. The van der Waals surface area contributed by atoms with Crippen molar-refractivity contribution in [1.82, 2.24) is 15.0 Å². The SMILES string of the molecule is CCCC[S@@](=O)c1sc2nc(-c3cnc(N)nc3)cc(-c3ccc(F)cc3)c2c1N. The van der Waals surface area contributed by atoms with Crippen LogP contribution in [0.5, 0.6) is 0 Å². The Morgan fingerprint density at radius 3 is 2.47 bits per heavy atom. The summed E-state index contributed by atoms with van der Waals surface area (Å²) in [6, 6.07) is 8.05. The van der Waals surface area contributed by atoms with Gasteiger partial charge < -0.3 is 11.5 Å². The van der Waals surface area contributed by atoms with E-state index >= 15 is 0 Å². The smallest absolute Gasteiger partial charge is 0.219 e. The number of thiophene rings is 1. The molecule has 0 spiro atoms. The van der Waals surface area contributed by atoms with Crippen LogP contribution in [-0.2, 0) is 10.8 Å². The minimum Gasteiger partial charge on any atom is -0.396 e. The van der Waals surface area contributed by atoms with Crippen molar-refractivity contribution in [2.24, 2.45) is 0 Å². The Hall–Kier alpha value is -2.91. The highest BCUT2D eigenvalue weighted by Gasteiger charge is 2.21. The number of hydrogen-bond acceptors (Lipinski definition) is 7. The number of anilines is 2. The number of halogens is 1. The van der Waals surface area contributed by atoms with Crippen LogP contribution in [0.1, 0.15) is 19.8 Å². The zero-order chi connectivity index (χ0) is 21.3.